The second kappa shape index (κ2) is 5.71. The molecule has 1 aromatic carbocycles. The van der Waals surface area contributed by atoms with Crippen molar-refractivity contribution in [3.05, 3.63) is 35.2 Å². The normalized spacial score (nSPS) is 12.0. The van der Waals surface area contributed by atoms with Crippen LogP contribution in [0, 0.1) is 0 Å². The number of alkyl halides is 3. The van der Waals surface area contributed by atoms with Crippen LogP contribution in [0.5, 0.6) is 0 Å². The van der Waals surface area contributed by atoms with Crippen molar-refractivity contribution in [2.75, 3.05) is 5.32 Å². The highest BCUT2D eigenvalue weighted by Gasteiger charge is 2.33. The Kier molecular flexibility index (Phi) is 4.15. The largest absolute Gasteiger partial charge is 0.416 e. The third kappa shape index (κ3) is 3.50. The summed E-state index contributed by atoms with van der Waals surface area (Å²) in [5.41, 5.74) is 0.279. The molecule has 0 saturated heterocycles. The number of nitrogens with one attached hydrogen (secondary N) is 1. The topological polar surface area (TPSA) is 55.6 Å². The highest BCUT2D eigenvalue weighted by Crippen LogP contribution is 2.36. The van der Waals surface area contributed by atoms with E-state index in [9.17, 15) is 13.2 Å². The molecule has 0 spiro atoms. The number of tetrazole rings is 1. The van der Waals surface area contributed by atoms with Gasteiger partial charge in [0, 0.05) is 12.7 Å². The Balaban J connectivity index is 2.22. The van der Waals surface area contributed by atoms with Crippen LogP contribution in [-0.2, 0) is 19.8 Å². The first-order valence-electron chi connectivity index (χ1n) is 6.45. The summed E-state index contributed by atoms with van der Waals surface area (Å²) in [5.74, 6) is 0.376. The van der Waals surface area contributed by atoms with Gasteiger partial charge in [0.1, 0.15) is 0 Å². The molecule has 5 nitrogen and oxygen atoms in total. The van der Waals surface area contributed by atoms with Crippen LogP contribution in [0.25, 0.3) is 0 Å². The van der Waals surface area contributed by atoms with Gasteiger partial charge in [-0.05, 0) is 40.1 Å². The number of nitrogens with zero attached hydrogens (tertiary/aromatic N) is 4. The summed E-state index contributed by atoms with van der Waals surface area (Å²) < 4.78 is 40.4. The molecule has 0 fully saturated rings. The average Bonchev–Trinajstić information content (AvgIpc) is 2.80. The zero-order chi connectivity index (χ0) is 15.6. The summed E-state index contributed by atoms with van der Waals surface area (Å²) in [5, 5.41) is 14.0. The van der Waals surface area contributed by atoms with Crippen molar-refractivity contribution in [1.82, 2.24) is 20.2 Å². The molecule has 8 heteroatoms. The fraction of sp³-hybridized carbons (Fsp3) is 0.462. The first kappa shape index (κ1) is 15.3. The van der Waals surface area contributed by atoms with E-state index in [0.29, 0.717) is 18.1 Å². The highest BCUT2D eigenvalue weighted by molar-refractivity contribution is 5.50. The van der Waals surface area contributed by atoms with Crippen LogP contribution >= 0.6 is 0 Å². The van der Waals surface area contributed by atoms with Gasteiger partial charge >= 0.3 is 6.18 Å². The molecule has 0 atom stereocenters. The predicted molar refractivity (Wildman–Crippen MR) is 71.7 cm³/mol. The molecule has 1 aromatic heterocycles. The zero-order valence-corrected chi connectivity index (χ0v) is 11.9. The van der Waals surface area contributed by atoms with Gasteiger partial charge in [-0.25, -0.2) is 4.68 Å². The maximum Gasteiger partial charge on any atom is 0.416 e. The Labute approximate surface area is 120 Å². The zero-order valence-electron chi connectivity index (χ0n) is 11.9. The smallest absolute Gasteiger partial charge is 0.378 e. The lowest BCUT2D eigenvalue weighted by molar-refractivity contribution is -0.138. The molecule has 0 aliphatic carbocycles. The molecule has 0 aliphatic rings. The molecule has 114 valence electrons. The van der Waals surface area contributed by atoms with Gasteiger partial charge in [0.2, 0.25) is 0 Å². The fourth-order valence-electron chi connectivity index (χ4n) is 1.99. The predicted octanol–water partition coefficient (Wildman–Crippen LogP) is 2.96. The molecule has 1 N–H and O–H groups in total. The van der Waals surface area contributed by atoms with Crippen LogP contribution in [0.3, 0.4) is 0 Å². The number of hydrogen-bond donors (Lipinski definition) is 1. The van der Waals surface area contributed by atoms with Crippen molar-refractivity contribution in [3.8, 4) is 0 Å². The average molecular weight is 299 g/mol. The molecule has 2 rings (SSSR count). The summed E-state index contributed by atoms with van der Waals surface area (Å²) in [7, 11) is 1.70. The van der Waals surface area contributed by atoms with E-state index in [1.54, 1.807) is 20.9 Å². The molecule has 0 radical (unpaired) electrons. The number of aryl methyl sites for hydroxylation is 1. The number of hydrogen-bond acceptors (Lipinski definition) is 4. The van der Waals surface area contributed by atoms with E-state index in [4.69, 9.17) is 0 Å². The molecule has 0 amide bonds. The van der Waals surface area contributed by atoms with Gasteiger partial charge in [0.25, 0.3) is 0 Å². The van der Waals surface area contributed by atoms with Crippen LogP contribution < -0.4 is 5.32 Å². The van der Waals surface area contributed by atoms with Crippen LogP contribution in [0.2, 0.25) is 0 Å². The quantitative estimate of drug-likeness (QED) is 0.943. The Morgan fingerprint density at radius 2 is 2.00 bits per heavy atom. The van der Waals surface area contributed by atoms with E-state index in [2.05, 4.69) is 20.8 Å². The van der Waals surface area contributed by atoms with Crippen LogP contribution in [0.4, 0.5) is 18.9 Å². The molecular formula is C13H16F3N5. The number of anilines is 1. The van der Waals surface area contributed by atoms with Gasteiger partial charge in [0.05, 0.1) is 12.1 Å². The third-order valence-corrected chi connectivity index (χ3v) is 3.14. The summed E-state index contributed by atoms with van der Waals surface area (Å²) in [4.78, 5) is 0. The molecule has 0 unspecified atom stereocenters. The SMILES string of the molecule is CC(C)c1cc(NCc2nnnn2C)ccc1C(F)(F)F. The number of benzene rings is 1. The molecule has 0 aliphatic heterocycles. The van der Waals surface area contributed by atoms with E-state index in [1.165, 1.54) is 16.8 Å². The summed E-state index contributed by atoms with van der Waals surface area (Å²) in [6.07, 6.45) is -4.34. The minimum atomic E-state index is -4.34. The Morgan fingerprint density at radius 3 is 2.52 bits per heavy atom. The number of halogens is 3. The van der Waals surface area contributed by atoms with E-state index < -0.39 is 11.7 Å². The van der Waals surface area contributed by atoms with E-state index in [-0.39, 0.29) is 11.5 Å². The van der Waals surface area contributed by atoms with Gasteiger partial charge in [0.15, 0.2) is 5.82 Å². The second-order valence-corrected chi connectivity index (χ2v) is 5.03. The minimum absolute atomic E-state index is 0.222. The van der Waals surface area contributed by atoms with Gasteiger partial charge in [-0.15, -0.1) is 5.10 Å². The lowest BCUT2D eigenvalue weighted by atomic mass is 9.96. The lowest BCUT2D eigenvalue weighted by Gasteiger charge is -2.17. The van der Waals surface area contributed by atoms with Crippen LogP contribution in [0.1, 0.15) is 36.7 Å². The second-order valence-electron chi connectivity index (χ2n) is 5.03. The maximum atomic E-state index is 13.0. The minimum Gasteiger partial charge on any atom is -0.378 e. The van der Waals surface area contributed by atoms with E-state index >= 15 is 0 Å². The van der Waals surface area contributed by atoms with Gasteiger partial charge in [-0.3, -0.25) is 0 Å². The van der Waals surface area contributed by atoms with Crippen molar-refractivity contribution in [2.45, 2.75) is 32.5 Å². The van der Waals surface area contributed by atoms with E-state index in [0.717, 1.165) is 6.07 Å². The lowest BCUT2D eigenvalue weighted by Crippen LogP contribution is -2.12. The molecule has 2 aromatic rings. The van der Waals surface area contributed by atoms with Crippen molar-refractivity contribution in [2.24, 2.45) is 7.05 Å². The molecule has 21 heavy (non-hydrogen) atoms. The van der Waals surface area contributed by atoms with Crippen LogP contribution in [0.15, 0.2) is 18.2 Å². The summed E-state index contributed by atoms with van der Waals surface area (Å²) in [6, 6.07) is 4.04. The highest BCUT2D eigenvalue weighted by atomic mass is 19.4. The van der Waals surface area contributed by atoms with Crippen molar-refractivity contribution >= 4 is 5.69 Å². The molecule has 0 bridgehead atoms. The van der Waals surface area contributed by atoms with Crippen LogP contribution in [-0.4, -0.2) is 20.2 Å². The first-order chi connectivity index (χ1) is 9.79. The van der Waals surface area contributed by atoms with Gasteiger partial charge in [-0.1, -0.05) is 13.8 Å². The number of rotatable bonds is 4. The molecule has 1 heterocycles. The molecular weight excluding hydrogens is 283 g/mol. The van der Waals surface area contributed by atoms with Crippen molar-refractivity contribution in [3.63, 3.8) is 0 Å². The summed E-state index contributed by atoms with van der Waals surface area (Å²) >= 11 is 0. The first-order valence-corrected chi connectivity index (χ1v) is 6.45. The Hall–Kier alpha value is -2.12. The monoisotopic (exact) mass is 299 g/mol. The maximum absolute atomic E-state index is 13.0. The van der Waals surface area contributed by atoms with Gasteiger partial charge < -0.3 is 5.32 Å². The Bertz CT molecular complexity index is 619. The fourth-order valence-corrected chi connectivity index (χ4v) is 1.99. The third-order valence-electron chi connectivity index (χ3n) is 3.14. The standard InChI is InChI=1S/C13H16F3N5/c1-8(2)10-6-9(4-5-11(10)13(14,15)16)17-7-12-18-19-20-21(12)3/h4-6,8,17H,7H2,1-3H3. The summed E-state index contributed by atoms with van der Waals surface area (Å²) in [6.45, 7) is 3.81. The number of aromatic nitrogens is 4. The van der Waals surface area contributed by atoms with E-state index in [1.807, 2.05) is 0 Å². The molecule has 0 saturated carbocycles. The Morgan fingerprint density at radius 1 is 1.29 bits per heavy atom. The van der Waals surface area contributed by atoms with Crippen molar-refractivity contribution < 1.29 is 13.2 Å². The van der Waals surface area contributed by atoms with Gasteiger partial charge in [-0.2, -0.15) is 13.2 Å². The van der Waals surface area contributed by atoms with Crippen molar-refractivity contribution in [1.29, 1.82) is 0 Å².